The number of rotatable bonds is 6. The van der Waals surface area contributed by atoms with Gasteiger partial charge in [0.2, 0.25) is 5.91 Å². The molecule has 3 N–H and O–H groups in total. The minimum absolute atomic E-state index is 0. The van der Waals surface area contributed by atoms with Crippen LogP contribution < -0.4 is 16.2 Å². The van der Waals surface area contributed by atoms with Crippen molar-refractivity contribution in [1.29, 1.82) is 0 Å². The fourth-order valence-corrected chi connectivity index (χ4v) is 3.29. The van der Waals surface area contributed by atoms with Crippen LogP contribution >= 0.6 is 0 Å². The molecule has 27 heavy (non-hydrogen) atoms. The minimum Gasteiger partial charge on any atom is -0.369 e. The first kappa shape index (κ1) is 20.9. The summed E-state index contributed by atoms with van der Waals surface area (Å²) in [5.41, 5.74) is 7.10. The normalized spacial score (nSPS) is 14.5. The van der Waals surface area contributed by atoms with E-state index in [4.69, 9.17) is 5.84 Å². The number of hydrogen-bond donors (Lipinski definition) is 2. The molecule has 1 saturated heterocycles. The standard InChI is InChI=1S/C21H28N4O.CH4/c1-24-12-14-25(15-13-24)20-10-8-18(9-11-20)3-2-17-4-6-19(7-5-17)16-21(26)23-22;/h4-11H,2-3,12-16,22H2,1H3,(H,23,26);1H4. The molecule has 146 valence electrons. The van der Waals surface area contributed by atoms with Crippen LogP contribution in [0.3, 0.4) is 0 Å². The number of aryl methyl sites for hydroxylation is 2. The van der Waals surface area contributed by atoms with Crippen molar-refractivity contribution in [3.63, 3.8) is 0 Å². The largest absolute Gasteiger partial charge is 0.369 e. The van der Waals surface area contributed by atoms with Gasteiger partial charge in [0.15, 0.2) is 0 Å². The maximum atomic E-state index is 11.3. The number of hydrazine groups is 1. The van der Waals surface area contributed by atoms with Crippen molar-refractivity contribution in [2.24, 2.45) is 5.84 Å². The van der Waals surface area contributed by atoms with Crippen molar-refractivity contribution in [2.45, 2.75) is 26.7 Å². The van der Waals surface area contributed by atoms with Gasteiger partial charge in [-0.3, -0.25) is 10.2 Å². The van der Waals surface area contributed by atoms with E-state index in [2.05, 4.69) is 58.7 Å². The number of benzene rings is 2. The lowest BCUT2D eigenvalue weighted by atomic mass is 10.0. The van der Waals surface area contributed by atoms with Gasteiger partial charge in [0.25, 0.3) is 0 Å². The van der Waals surface area contributed by atoms with Crippen LogP contribution in [0.25, 0.3) is 0 Å². The number of likely N-dealkylation sites (N-methyl/N-ethyl adjacent to an activating group) is 1. The number of nitrogens with zero attached hydrogens (tertiary/aromatic N) is 2. The zero-order valence-electron chi connectivity index (χ0n) is 15.4. The molecule has 1 fully saturated rings. The van der Waals surface area contributed by atoms with Crippen LogP contribution in [0.5, 0.6) is 0 Å². The van der Waals surface area contributed by atoms with Crippen LogP contribution in [0.1, 0.15) is 24.1 Å². The summed E-state index contributed by atoms with van der Waals surface area (Å²) in [5.74, 6) is 4.95. The van der Waals surface area contributed by atoms with Gasteiger partial charge in [0, 0.05) is 31.9 Å². The smallest absolute Gasteiger partial charge is 0.238 e. The van der Waals surface area contributed by atoms with Gasteiger partial charge in [0.05, 0.1) is 6.42 Å². The molecule has 1 heterocycles. The highest BCUT2D eigenvalue weighted by Gasteiger charge is 2.13. The van der Waals surface area contributed by atoms with E-state index < -0.39 is 0 Å². The highest BCUT2D eigenvalue weighted by Crippen LogP contribution is 2.18. The second-order valence-electron chi connectivity index (χ2n) is 7.02. The van der Waals surface area contributed by atoms with E-state index in [1.807, 2.05) is 12.1 Å². The van der Waals surface area contributed by atoms with Gasteiger partial charge >= 0.3 is 0 Å². The molecule has 1 aliphatic heterocycles. The third-order valence-electron chi connectivity index (χ3n) is 5.06. The quantitative estimate of drug-likeness (QED) is 0.467. The Morgan fingerprint density at radius 2 is 1.37 bits per heavy atom. The maximum absolute atomic E-state index is 11.3. The van der Waals surface area contributed by atoms with Gasteiger partial charge < -0.3 is 9.80 Å². The summed E-state index contributed by atoms with van der Waals surface area (Å²) >= 11 is 0. The van der Waals surface area contributed by atoms with E-state index in [0.29, 0.717) is 6.42 Å². The third-order valence-corrected chi connectivity index (χ3v) is 5.06. The second kappa shape index (κ2) is 10.1. The van der Waals surface area contributed by atoms with E-state index in [1.54, 1.807) is 0 Å². The first-order chi connectivity index (χ1) is 12.6. The molecule has 0 bridgehead atoms. The SMILES string of the molecule is C.CN1CCN(c2ccc(CCc3ccc(CC(=O)NN)cc3)cc2)CC1. The number of amides is 1. The zero-order valence-corrected chi connectivity index (χ0v) is 15.4. The molecule has 0 unspecified atom stereocenters. The molecular weight excluding hydrogens is 336 g/mol. The van der Waals surface area contributed by atoms with Crippen LogP contribution in [0.2, 0.25) is 0 Å². The summed E-state index contributed by atoms with van der Waals surface area (Å²) in [6, 6.07) is 17.2. The van der Waals surface area contributed by atoms with Crippen molar-refractivity contribution in [3.05, 3.63) is 65.2 Å². The topological polar surface area (TPSA) is 61.6 Å². The molecule has 3 rings (SSSR count). The maximum Gasteiger partial charge on any atom is 0.238 e. The van der Waals surface area contributed by atoms with Crippen LogP contribution in [-0.2, 0) is 24.1 Å². The minimum atomic E-state index is -0.168. The van der Waals surface area contributed by atoms with Gasteiger partial charge in [-0.05, 0) is 48.7 Å². The molecule has 0 aromatic heterocycles. The Labute approximate surface area is 163 Å². The van der Waals surface area contributed by atoms with E-state index in [9.17, 15) is 4.79 Å². The molecule has 1 amide bonds. The summed E-state index contributed by atoms with van der Waals surface area (Å²) in [7, 11) is 2.18. The predicted octanol–water partition coefficient (Wildman–Crippen LogP) is 2.39. The molecule has 2 aromatic carbocycles. The summed E-state index contributed by atoms with van der Waals surface area (Å²) in [5, 5.41) is 0. The highest BCUT2D eigenvalue weighted by atomic mass is 16.2. The molecule has 0 radical (unpaired) electrons. The van der Waals surface area contributed by atoms with Crippen molar-refractivity contribution in [2.75, 3.05) is 38.1 Å². The van der Waals surface area contributed by atoms with E-state index in [1.165, 1.54) is 16.8 Å². The van der Waals surface area contributed by atoms with E-state index in [-0.39, 0.29) is 13.3 Å². The Morgan fingerprint density at radius 3 is 1.89 bits per heavy atom. The highest BCUT2D eigenvalue weighted by molar-refractivity contribution is 5.77. The lowest BCUT2D eigenvalue weighted by Gasteiger charge is -2.34. The van der Waals surface area contributed by atoms with Gasteiger partial charge in [-0.15, -0.1) is 0 Å². The summed E-state index contributed by atoms with van der Waals surface area (Å²) in [4.78, 5) is 16.1. The Kier molecular flexibility index (Phi) is 7.82. The number of carbonyl (C=O) groups excluding carboxylic acids is 1. The van der Waals surface area contributed by atoms with E-state index in [0.717, 1.165) is 44.6 Å². The molecular formula is C22H32N4O. The number of anilines is 1. The Bertz CT molecular complexity index is 704. The molecule has 0 aliphatic carbocycles. The molecule has 0 spiro atoms. The average Bonchev–Trinajstić information content (AvgIpc) is 2.68. The monoisotopic (exact) mass is 368 g/mol. The number of carbonyl (C=O) groups is 1. The number of nitrogens with two attached hydrogens (primary N) is 1. The number of piperazine rings is 1. The zero-order chi connectivity index (χ0) is 18.4. The van der Waals surface area contributed by atoms with Gasteiger partial charge in [-0.1, -0.05) is 43.8 Å². The van der Waals surface area contributed by atoms with Crippen LogP contribution in [-0.4, -0.2) is 44.0 Å². The third kappa shape index (κ3) is 6.08. The Hall–Kier alpha value is -2.37. The van der Waals surface area contributed by atoms with Crippen LogP contribution in [0.4, 0.5) is 5.69 Å². The van der Waals surface area contributed by atoms with Crippen LogP contribution in [0, 0.1) is 0 Å². The van der Waals surface area contributed by atoms with Gasteiger partial charge in [-0.2, -0.15) is 0 Å². The first-order valence-electron chi connectivity index (χ1n) is 9.24. The molecule has 1 aliphatic rings. The fourth-order valence-electron chi connectivity index (χ4n) is 3.29. The first-order valence-corrected chi connectivity index (χ1v) is 9.24. The molecule has 5 heteroatoms. The van der Waals surface area contributed by atoms with Crippen molar-refractivity contribution >= 4 is 11.6 Å². The molecule has 0 atom stereocenters. The summed E-state index contributed by atoms with van der Waals surface area (Å²) in [6.07, 6.45) is 2.34. The lowest BCUT2D eigenvalue weighted by Crippen LogP contribution is -2.44. The number of nitrogens with one attached hydrogen (secondary N) is 1. The predicted molar refractivity (Wildman–Crippen MR) is 113 cm³/mol. The molecule has 5 nitrogen and oxygen atoms in total. The molecule has 2 aromatic rings. The summed E-state index contributed by atoms with van der Waals surface area (Å²) in [6.45, 7) is 4.46. The van der Waals surface area contributed by atoms with Gasteiger partial charge in [-0.25, -0.2) is 5.84 Å². The Balaban J connectivity index is 0.00000261. The second-order valence-corrected chi connectivity index (χ2v) is 7.02. The fraction of sp³-hybridized carbons (Fsp3) is 0.409. The van der Waals surface area contributed by atoms with Crippen molar-refractivity contribution in [1.82, 2.24) is 10.3 Å². The van der Waals surface area contributed by atoms with Crippen LogP contribution in [0.15, 0.2) is 48.5 Å². The lowest BCUT2D eigenvalue weighted by molar-refractivity contribution is -0.120. The van der Waals surface area contributed by atoms with E-state index >= 15 is 0 Å². The molecule has 0 saturated carbocycles. The Morgan fingerprint density at radius 1 is 0.889 bits per heavy atom. The van der Waals surface area contributed by atoms with Crippen molar-refractivity contribution < 1.29 is 4.79 Å². The van der Waals surface area contributed by atoms with Crippen molar-refractivity contribution in [3.8, 4) is 0 Å². The average molecular weight is 369 g/mol. The van der Waals surface area contributed by atoms with Gasteiger partial charge in [0.1, 0.15) is 0 Å². The number of hydrogen-bond acceptors (Lipinski definition) is 4. The summed E-state index contributed by atoms with van der Waals surface area (Å²) < 4.78 is 0.